The summed E-state index contributed by atoms with van der Waals surface area (Å²) >= 11 is 5.86. The van der Waals surface area contributed by atoms with E-state index in [2.05, 4.69) is 10.0 Å². The van der Waals surface area contributed by atoms with E-state index in [-0.39, 0.29) is 16.4 Å². The van der Waals surface area contributed by atoms with E-state index in [1.165, 1.54) is 6.07 Å². The Morgan fingerprint density at radius 1 is 0.966 bits per heavy atom. The number of halogens is 1. The van der Waals surface area contributed by atoms with Gasteiger partial charge in [-0.05, 0) is 66.9 Å². The van der Waals surface area contributed by atoms with E-state index in [9.17, 15) is 13.2 Å². The summed E-state index contributed by atoms with van der Waals surface area (Å²) in [5, 5.41) is 3.41. The summed E-state index contributed by atoms with van der Waals surface area (Å²) in [4.78, 5) is 12.6. The molecule has 0 unspecified atom stereocenters. The van der Waals surface area contributed by atoms with Gasteiger partial charge in [-0.3, -0.25) is 9.52 Å². The van der Waals surface area contributed by atoms with Crippen LogP contribution in [0.2, 0.25) is 5.02 Å². The Morgan fingerprint density at radius 2 is 1.69 bits per heavy atom. The first-order valence-corrected chi connectivity index (χ1v) is 10.8. The van der Waals surface area contributed by atoms with Crippen LogP contribution in [0.25, 0.3) is 0 Å². The second kappa shape index (κ2) is 8.68. The van der Waals surface area contributed by atoms with Crippen LogP contribution < -0.4 is 10.0 Å². The molecule has 29 heavy (non-hydrogen) atoms. The first-order valence-electron chi connectivity index (χ1n) is 8.97. The number of amides is 1. The predicted molar refractivity (Wildman–Crippen MR) is 116 cm³/mol. The highest BCUT2D eigenvalue weighted by Crippen LogP contribution is 2.21. The number of hydrogen-bond donors (Lipinski definition) is 2. The summed E-state index contributed by atoms with van der Waals surface area (Å²) in [6.45, 7) is 3.89. The van der Waals surface area contributed by atoms with Crippen molar-refractivity contribution in [3.63, 3.8) is 0 Å². The van der Waals surface area contributed by atoms with Gasteiger partial charge in [-0.1, -0.05) is 41.9 Å². The van der Waals surface area contributed by atoms with Gasteiger partial charge in [-0.25, -0.2) is 8.42 Å². The molecule has 0 spiro atoms. The van der Waals surface area contributed by atoms with Crippen molar-refractivity contribution >= 4 is 33.2 Å². The molecule has 0 radical (unpaired) electrons. The lowest BCUT2D eigenvalue weighted by Gasteiger charge is -2.13. The number of carbonyl (C=O) groups is 1. The first-order chi connectivity index (χ1) is 13.7. The van der Waals surface area contributed by atoms with Gasteiger partial charge >= 0.3 is 0 Å². The van der Waals surface area contributed by atoms with Gasteiger partial charge in [-0.2, -0.15) is 0 Å². The monoisotopic (exact) mass is 428 g/mol. The third kappa shape index (κ3) is 5.37. The van der Waals surface area contributed by atoms with Crippen LogP contribution in [0.3, 0.4) is 0 Å². The lowest BCUT2D eigenvalue weighted by Crippen LogP contribution is -2.23. The molecule has 0 aliphatic carbocycles. The SMILES string of the molecule is Cc1cccc(NS(=O)(=O)c2cc(C(=O)NCc3ccc(Cl)cc3)ccc2C)c1. The van der Waals surface area contributed by atoms with Crippen molar-refractivity contribution < 1.29 is 13.2 Å². The number of sulfonamides is 1. The third-order valence-electron chi connectivity index (χ3n) is 4.38. The lowest BCUT2D eigenvalue weighted by atomic mass is 10.1. The Kier molecular flexibility index (Phi) is 6.25. The first kappa shape index (κ1) is 20.9. The smallest absolute Gasteiger partial charge is 0.262 e. The summed E-state index contributed by atoms with van der Waals surface area (Å²) in [6, 6.07) is 18.9. The zero-order chi connectivity index (χ0) is 21.0. The molecule has 0 saturated heterocycles. The molecule has 3 aromatic rings. The zero-order valence-electron chi connectivity index (χ0n) is 16.1. The van der Waals surface area contributed by atoms with E-state index >= 15 is 0 Å². The summed E-state index contributed by atoms with van der Waals surface area (Å²) in [5.74, 6) is -0.355. The molecule has 150 valence electrons. The van der Waals surface area contributed by atoms with Crippen LogP contribution >= 0.6 is 11.6 Å². The number of anilines is 1. The van der Waals surface area contributed by atoms with Crippen LogP contribution in [0, 0.1) is 13.8 Å². The van der Waals surface area contributed by atoms with Crippen molar-refractivity contribution in [2.75, 3.05) is 4.72 Å². The van der Waals surface area contributed by atoms with E-state index in [1.54, 1.807) is 49.4 Å². The minimum atomic E-state index is -3.83. The number of rotatable bonds is 6. The summed E-state index contributed by atoms with van der Waals surface area (Å²) in [7, 11) is -3.83. The highest BCUT2D eigenvalue weighted by Gasteiger charge is 2.19. The molecule has 0 heterocycles. The fourth-order valence-electron chi connectivity index (χ4n) is 2.84. The second-order valence-corrected chi connectivity index (χ2v) is 8.85. The second-order valence-electron chi connectivity index (χ2n) is 6.76. The number of nitrogens with one attached hydrogen (secondary N) is 2. The third-order valence-corrected chi connectivity index (χ3v) is 6.15. The Morgan fingerprint density at radius 3 is 2.38 bits per heavy atom. The van der Waals surface area contributed by atoms with Gasteiger partial charge < -0.3 is 5.32 Å². The van der Waals surface area contributed by atoms with Crippen molar-refractivity contribution in [2.45, 2.75) is 25.3 Å². The molecule has 0 fully saturated rings. The molecular weight excluding hydrogens is 408 g/mol. The Labute approximate surface area is 175 Å². The quantitative estimate of drug-likeness (QED) is 0.598. The van der Waals surface area contributed by atoms with Crippen molar-refractivity contribution in [3.05, 3.63) is 94.0 Å². The van der Waals surface area contributed by atoms with Crippen LogP contribution in [0.1, 0.15) is 27.0 Å². The van der Waals surface area contributed by atoms with Gasteiger partial charge in [0, 0.05) is 22.8 Å². The number of carbonyl (C=O) groups excluding carboxylic acids is 1. The molecule has 0 aliphatic rings. The van der Waals surface area contributed by atoms with Gasteiger partial charge in [0.05, 0.1) is 4.90 Å². The molecule has 1 amide bonds. The number of hydrogen-bond acceptors (Lipinski definition) is 3. The molecule has 0 aliphatic heterocycles. The number of benzene rings is 3. The van der Waals surface area contributed by atoms with Gasteiger partial charge in [-0.15, -0.1) is 0 Å². The van der Waals surface area contributed by atoms with Crippen molar-refractivity contribution in [3.8, 4) is 0 Å². The van der Waals surface area contributed by atoms with Crippen molar-refractivity contribution in [1.82, 2.24) is 5.32 Å². The molecule has 0 atom stereocenters. The molecule has 0 bridgehead atoms. The van der Waals surface area contributed by atoms with Crippen LogP contribution in [0.15, 0.2) is 71.6 Å². The fourth-order valence-corrected chi connectivity index (χ4v) is 4.28. The Bertz CT molecular complexity index is 1140. The molecule has 7 heteroatoms. The molecule has 0 saturated carbocycles. The van der Waals surface area contributed by atoms with E-state index < -0.39 is 10.0 Å². The summed E-state index contributed by atoms with van der Waals surface area (Å²) in [5.41, 5.74) is 3.14. The lowest BCUT2D eigenvalue weighted by molar-refractivity contribution is 0.0950. The Balaban J connectivity index is 1.79. The average molecular weight is 429 g/mol. The predicted octanol–water partition coefficient (Wildman–Crippen LogP) is 4.69. The number of aryl methyl sites for hydroxylation is 2. The topological polar surface area (TPSA) is 75.3 Å². The summed E-state index contributed by atoms with van der Waals surface area (Å²) in [6.07, 6.45) is 0. The molecule has 0 aromatic heterocycles. The maximum absolute atomic E-state index is 12.9. The minimum absolute atomic E-state index is 0.0677. The summed E-state index contributed by atoms with van der Waals surface area (Å²) < 4.78 is 28.3. The van der Waals surface area contributed by atoms with Crippen molar-refractivity contribution in [1.29, 1.82) is 0 Å². The molecular formula is C22H21ClN2O3S. The molecule has 5 nitrogen and oxygen atoms in total. The normalized spacial score (nSPS) is 11.1. The van der Waals surface area contributed by atoms with E-state index in [0.717, 1.165) is 11.1 Å². The van der Waals surface area contributed by atoms with Crippen LogP contribution in [0.5, 0.6) is 0 Å². The maximum Gasteiger partial charge on any atom is 0.262 e. The average Bonchev–Trinajstić information content (AvgIpc) is 2.67. The van der Waals surface area contributed by atoms with Gasteiger partial charge in [0.25, 0.3) is 15.9 Å². The van der Waals surface area contributed by atoms with Crippen LogP contribution in [-0.4, -0.2) is 14.3 Å². The van der Waals surface area contributed by atoms with E-state index in [4.69, 9.17) is 11.6 Å². The molecule has 3 aromatic carbocycles. The van der Waals surface area contributed by atoms with Gasteiger partial charge in [0.1, 0.15) is 0 Å². The van der Waals surface area contributed by atoms with Crippen LogP contribution in [0.4, 0.5) is 5.69 Å². The van der Waals surface area contributed by atoms with Crippen molar-refractivity contribution in [2.24, 2.45) is 0 Å². The van der Waals surface area contributed by atoms with Gasteiger partial charge in [0.15, 0.2) is 0 Å². The van der Waals surface area contributed by atoms with E-state index in [0.29, 0.717) is 22.8 Å². The Hall–Kier alpha value is -2.83. The highest BCUT2D eigenvalue weighted by atomic mass is 35.5. The zero-order valence-corrected chi connectivity index (χ0v) is 17.6. The standard InChI is InChI=1S/C22H21ClN2O3S/c1-15-4-3-5-20(12-15)25-29(27,28)21-13-18(9-6-16(21)2)22(26)24-14-17-7-10-19(23)11-8-17/h3-13,25H,14H2,1-2H3,(H,24,26). The largest absolute Gasteiger partial charge is 0.348 e. The molecule has 3 rings (SSSR count). The maximum atomic E-state index is 12.9. The van der Waals surface area contributed by atoms with Crippen LogP contribution in [-0.2, 0) is 16.6 Å². The van der Waals surface area contributed by atoms with E-state index in [1.807, 2.05) is 25.1 Å². The highest BCUT2D eigenvalue weighted by molar-refractivity contribution is 7.92. The van der Waals surface area contributed by atoms with Gasteiger partial charge in [0.2, 0.25) is 0 Å². The molecule has 2 N–H and O–H groups in total. The minimum Gasteiger partial charge on any atom is -0.348 e. The fraction of sp³-hybridized carbons (Fsp3) is 0.136.